The lowest BCUT2D eigenvalue weighted by Gasteiger charge is -2.10. The molecule has 5 nitrogen and oxygen atoms in total. The quantitative estimate of drug-likeness (QED) is 0.608. The highest BCUT2D eigenvalue weighted by atomic mass is 32.1. The summed E-state index contributed by atoms with van der Waals surface area (Å²) in [4.78, 5) is 24.2. The maximum atomic E-state index is 13.3. The molecular weight excluding hydrogens is 388 g/mol. The van der Waals surface area contributed by atoms with Crippen LogP contribution in [0.15, 0.2) is 53.1 Å². The van der Waals surface area contributed by atoms with Crippen LogP contribution in [0.4, 0.5) is 28.3 Å². The summed E-state index contributed by atoms with van der Waals surface area (Å²) in [7, 11) is 0. The van der Waals surface area contributed by atoms with Crippen molar-refractivity contribution in [2.75, 3.05) is 10.6 Å². The van der Waals surface area contributed by atoms with Crippen LogP contribution in [0.1, 0.15) is 25.8 Å². The molecule has 10 heteroatoms. The Bertz CT molecular complexity index is 980. The number of nitrogens with one attached hydrogen (secondary N) is 2. The molecular formula is C17H10F4N2O3S. The second kappa shape index (κ2) is 7.23. The third-order valence-electron chi connectivity index (χ3n) is 3.34. The summed E-state index contributed by atoms with van der Waals surface area (Å²) in [5, 5.41) is 5.14. The fourth-order valence-corrected chi connectivity index (χ4v) is 2.92. The van der Waals surface area contributed by atoms with E-state index in [1.54, 1.807) is 6.07 Å². The lowest BCUT2D eigenvalue weighted by atomic mass is 10.2. The first kappa shape index (κ1) is 18.6. The maximum Gasteiger partial charge on any atom is 0.419 e. The van der Waals surface area contributed by atoms with Gasteiger partial charge in [0.05, 0.1) is 21.7 Å². The van der Waals surface area contributed by atoms with E-state index in [9.17, 15) is 27.2 Å². The van der Waals surface area contributed by atoms with E-state index in [0.717, 1.165) is 17.4 Å². The lowest BCUT2D eigenvalue weighted by molar-refractivity contribution is -0.139. The third kappa shape index (κ3) is 4.34. The van der Waals surface area contributed by atoms with E-state index in [2.05, 4.69) is 10.6 Å². The zero-order valence-corrected chi connectivity index (χ0v) is 14.1. The second-order valence-corrected chi connectivity index (χ2v) is 6.33. The van der Waals surface area contributed by atoms with Crippen molar-refractivity contribution in [1.29, 1.82) is 0 Å². The van der Waals surface area contributed by atoms with Gasteiger partial charge in [-0.25, -0.2) is 4.39 Å². The van der Waals surface area contributed by atoms with Crippen molar-refractivity contribution < 1.29 is 31.6 Å². The SMILES string of the molecule is O=C(Nc1ccc(C(=O)Nc2ccc(F)c(C(F)(F)F)c2)s1)c1ccco1. The van der Waals surface area contributed by atoms with E-state index in [4.69, 9.17) is 4.42 Å². The van der Waals surface area contributed by atoms with E-state index in [1.807, 2.05) is 0 Å². The van der Waals surface area contributed by atoms with Crippen molar-refractivity contribution in [2.45, 2.75) is 6.18 Å². The van der Waals surface area contributed by atoms with Gasteiger partial charge < -0.3 is 15.1 Å². The molecule has 27 heavy (non-hydrogen) atoms. The third-order valence-corrected chi connectivity index (χ3v) is 4.34. The highest BCUT2D eigenvalue weighted by molar-refractivity contribution is 7.18. The fourth-order valence-electron chi connectivity index (χ4n) is 2.12. The number of alkyl halides is 3. The van der Waals surface area contributed by atoms with Gasteiger partial charge in [-0.3, -0.25) is 9.59 Å². The largest absolute Gasteiger partial charge is 0.459 e. The Morgan fingerprint density at radius 3 is 2.44 bits per heavy atom. The number of thiophene rings is 1. The molecule has 0 saturated heterocycles. The van der Waals surface area contributed by atoms with Crippen molar-refractivity contribution in [3.8, 4) is 0 Å². The Kier molecular flexibility index (Phi) is 5.00. The van der Waals surface area contributed by atoms with Gasteiger partial charge in [0.2, 0.25) is 0 Å². The number of carbonyl (C=O) groups excluding carboxylic acids is 2. The highest BCUT2D eigenvalue weighted by Crippen LogP contribution is 2.33. The topological polar surface area (TPSA) is 71.3 Å². The first-order valence-electron chi connectivity index (χ1n) is 7.37. The Labute approximate surface area is 153 Å². The number of anilines is 2. The van der Waals surface area contributed by atoms with Crippen LogP contribution in [-0.4, -0.2) is 11.8 Å². The minimum Gasteiger partial charge on any atom is -0.459 e. The normalized spacial score (nSPS) is 11.3. The van der Waals surface area contributed by atoms with Crippen molar-refractivity contribution in [3.05, 3.63) is 70.7 Å². The molecule has 2 aromatic heterocycles. The first-order chi connectivity index (χ1) is 12.7. The van der Waals surface area contributed by atoms with Crippen LogP contribution in [-0.2, 0) is 6.18 Å². The molecule has 0 fully saturated rings. The summed E-state index contributed by atoms with van der Waals surface area (Å²) >= 11 is 0.917. The van der Waals surface area contributed by atoms with Crippen LogP contribution in [0.25, 0.3) is 0 Å². The van der Waals surface area contributed by atoms with Gasteiger partial charge in [0, 0.05) is 5.69 Å². The van der Waals surface area contributed by atoms with E-state index >= 15 is 0 Å². The van der Waals surface area contributed by atoms with E-state index in [0.29, 0.717) is 17.1 Å². The molecule has 140 valence electrons. The predicted molar refractivity (Wildman–Crippen MR) is 90.3 cm³/mol. The molecule has 0 bridgehead atoms. The first-order valence-corrected chi connectivity index (χ1v) is 8.18. The van der Waals surface area contributed by atoms with E-state index in [1.165, 1.54) is 24.5 Å². The number of hydrogen-bond acceptors (Lipinski definition) is 4. The van der Waals surface area contributed by atoms with Gasteiger partial charge in [0.25, 0.3) is 11.8 Å². The Hall–Kier alpha value is -3.14. The number of carbonyl (C=O) groups is 2. The smallest absolute Gasteiger partial charge is 0.419 e. The Balaban J connectivity index is 1.70. The fraction of sp³-hybridized carbons (Fsp3) is 0.0588. The molecule has 0 aliphatic heterocycles. The molecule has 1 aromatic carbocycles. The number of rotatable bonds is 4. The van der Waals surface area contributed by atoms with Gasteiger partial charge in [-0.2, -0.15) is 13.2 Å². The van der Waals surface area contributed by atoms with Crippen LogP contribution in [0.5, 0.6) is 0 Å². The maximum absolute atomic E-state index is 13.3. The monoisotopic (exact) mass is 398 g/mol. The predicted octanol–water partition coefficient (Wildman–Crippen LogP) is 5.00. The number of amides is 2. The van der Waals surface area contributed by atoms with Crippen LogP contribution in [0.3, 0.4) is 0 Å². The van der Waals surface area contributed by atoms with Gasteiger partial charge in [-0.1, -0.05) is 0 Å². The Morgan fingerprint density at radius 1 is 1.00 bits per heavy atom. The number of hydrogen-bond donors (Lipinski definition) is 2. The van der Waals surface area contributed by atoms with Crippen molar-refractivity contribution in [1.82, 2.24) is 0 Å². The van der Waals surface area contributed by atoms with Crippen LogP contribution < -0.4 is 10.6 Å². The molecule has 2 heterocycles. The van der Waals surface area contributed by atoms with E-state index < -0.39 is 29.4 Å². The van der Waals surface area contributed by atoms with Crippen molar-refractivity contribution in [2.24, 2.45) is 0 Å². The Morgan fingerprint density at radius 2 is 1.78 bits per heavy atom. The van der Waals surface area contributed by atoms with Crippen molar-refractivity contribution >= 4 is 33.8 Å². The summed E-state index contributed by atoms with van der Waals surface area (Å²) in [6, 6.07) is 8.03. The van der Waals surface area contributed by atoms with Crippen LogP contribution >= 0.6 is 11.3 Å². The summed E-state index contributed by atoms with van der Waals surface area (Å²) in [6.07, 6.45) is -3.54. The minimum absolute atomic E-state index is 0.0837. The standard InChI is InChI=1S/C17H10F4N2O3S/c18-11-4-3-9(8-10(11)17(19,20)21)22-16(25)13-5-6-14(27-13)23-15(24)12-2-1-7-26-12/h1-8H,(H,22,25)(H,23,24). The molecule has 3 aromatic rings. The van der Waals surface area contributed by atoms with Crippen molar-refractivity contribution in [3.63, 3.8) is 0 Å². The molecule has 0 unspecified atom stereocenters. The van der Waals surface area contributed by atoms with Crippen LogP contribution in [0, 0.1) is 5.82 Å². The van der Waals surface area contributed by atoms with Gasteiger partial charge in [0.1, 0.15) is 5.82 Å². The molecule has 3 rings (SSSR count). The summed E-state index contributed by atoms with van der Waals surface area (Å²) in [5.74, 6) is -2.56. The lowest BCUT2D eigenvalue weighted by Crippen LogP contribution is -2.13. The van der Waals surface area contributed by atoms with Gasteiger partial charge in [-0.15, -0.1) is 11.3 Å². The zero-order chi connectivity index (χ0) is 19.6. The summed E-state index contributed by atoms with van der Waals surface area (Å²) < 4.78 is 56.4. The minimum atomic E-state index is -4.88. The molecule has 0 aliphatic rings. The average Bonchev–Trinajstić information content (AvgIpc) is 3.27. The summed E-state index contributed by atoms with van der Waals surface area (Å²) in [5.41, 5.74) is -1.68. The molecule has 2 N–H and O–H groups in total. The van der Waals surface area contributed by atoms with Crippen LogP contribution in [0.2, 0.25) is 0 Å². The molecule has 0 saturated carbocycles. The molecule has 0 atom stereocenters. The highest BCUT2D eigenvalue weighted by Gasteiger charge is 2.34. The number of benzene rings is 1. The molecule has 2 amide bonds. The molecule has 0 aliphatic carbocycles. The zero-order valence-electron chi connectivity index (χ0n) is 13.3. The summed E-state index contributed by atoms with van der Waals surface area (Å²) in [6.45, 7) is 0. The molecule has 0 radical (unpaired) electrons. The number of halogens is 4. The van der Waals surface area contributed by atoms with Gasteiger partial charge >= 0.3 is 6.18 Å². The molecule has 0 spiro atoms. The second-order valence-electron chi connectivity index (χ2n) is 5.24. The van der Waals surface area contributed by atoms with Gasteiger partial charge in [0.15, 0.2) is 5.76 Å². The average molecular weight is 398 g/mol. The van der Waals surface area contributed by atoms with E-state index in [-0.39, 0.29) is 16.3 Å². The van der Waals surface area contributed by atoms with Gasteiger partial charge in [-0.05, 0) is 42.5 Å². The number of furan rings is 1.